The first-order chi connectivity index (χ1) is 8.58. The van der Waals surface area contributed by atoms with Gasteiger partial charge in [-0.1, -0.05) is 39.7 Å². The Balaban J connectivity index is 2.29. The molecule has 2 aromatic rings. The van der Waals surface area contributed by atoms with E-state index in [2.05, 4.69) is 20.9 Å². The molecule has 18 heavy (non-hydrogen) atoms. The summed E-state index contributed by atoms with van der Waals surface area (Å²) < 4.78 is 13.0. The van der Waals surface area contributed by atoms with Crippen molar-refractivity contribution in [2.75, 3.05) is 0 Å². The highest BCUT2D eigenvalue weighted by Gasteiger charge is 2.19. The molecule has 0 amide bonds. The number of halogens is 3. The zero-order chi connectivity index (χ0) is 13.1. The number of ketones is 1. The fourth-order valence-electron chi connectivity index (χ4n) is 1.51. The summed E-state index contributed by atoms with van der Waals surface area (Å²) in [5, 5.41) is 0.487. The number of aromatic nitrogens is 1. The molecule has 0 aliphatic rings. The fourth-order valence-corrected chi connectivity index (χ4v) is 2.25. The number of pyridine rings is 1. The monoisotopic (exact) mass is 327 g/mol. The van der Waals surface area contributed by atoms with Gasteiger partial charge < -0.3 is 0 Å². The molecule has 5 heteroatoms. The summed E-state index contributed by atoms with van der Waals surface area (Å²) in [6.07, 6.45) is 1.32. The van der Waals surface area contributed by atoms with Crippen molar-refractivity contribution in [3.63, 3.8) is 0 Å². The first-order valence-electron chi connectivity index (χ1n) is 5.13. The molecule has 0 aliphatic carbocycles. The first kappa shape index (κ1) is 13.2. The third-order valence-electron chi connectivity index (χ3n) is 2.38. The topological polar surface area (TPSA) is 30.0 Å². The third kappa shape index (κ3) is 2.94. The van der Waals surface area contributed by atoms with E-state index in [4.69, 9.17) is 11.6 Å². The van der Waals surface area contributed by atoms with Crippen molar-refractivity contribution in [3.05, 3.63) is 64.7 Å². The summed E-state index contributed by atoms with van der Waals surface area (Å²) in [7, 11) is 0. The Kier molecular flexibility index (Phi) is 4.09. The van der Waals surface area contributed by atoms with E-state index in [0.29, 0.717) is 16.1 Å². The van der Waals surface area contributed by atoms with Gasteiger partial charge in [0, 0.05) is 16.8 Å². The lowest BCUT2D eigenvalue weighted by Gasteiger charge is -2.09. The molecule has 1 atom stereocenters. The van der Waals surface area contributed by atoms with Gasteiger partial charge in [0.05, 0.1) is 0 Å². The Morgan fingerprint density at radius 1 is 1.33 bits per heavy atom. The number of hydrogen-bond acceptors (Lipinski definition) is 2. The molecule has 0 radical (unpaired) electrons. The maximum atomic E-state index is 13.0. The van der Waals surface area contributed by atoms with Gasteiger partial charge in [-0.3, -0.25) is 4.79 Å². The molecule has 92 valence electrons. The van der Waals surface area contributed by atoms with E-state index in [1.54, 1.807) is 30.3 Å². The van der Waals surface area contributed by atoms with Gasteiger partial charge in [-0.05, 0) is 29.8 Å². The lowest BCUT2D eigenvalue weighted by molar-refractivity contribution is 0.0991. The van der Waals surface area contributed by atoms with Crippen LogP contribution in [0.5, 0.6) is 0 Å². The van der Waals surface area contributed by atoms with Crippen LogP contribution in [0.25, 0.3) is 0 Å². The number of carbonyl (C=O) groups excluding carboxylic acids is 1. The molecule has 1 unspecified atom stereocenters. The van der Waals surface area contributed by atoms with Gasteiger partial charge >= 0.3 is 0 Å². The Bertz CT molecular complexity index is 591. The molecular formula is C13H8BrClFNO. The Hall–Kier alpha value is -1.26. The summed E-state index contributed by atoms with van der Waals surface area (Å²) in [6.45, 7) is 0. The highest BCUT2D eigenvalue weighted by Crippen LogP contribution is 2.27. The standard InChI is InChI=1S/C13H8BrClFNO/c14-12(8-4-5-17-11(16)7-8)13(18)9-2-1-3-10(15)6-9/h1-7,12H. The van der Waals surface area contributed by atoms with Gasteiger partial charge in [0.1, 0.15) is 4.83 Å². The summed E-state index contributed by atoms with van der Waals surface area (Å²) in [5.74, 6) is -0.793. The maximum absolute atomic E-state index is 13.0. The number of rotatable bonds is 3. The average Bonchev–Trinajstić information content (AvgIpc) is 2.37. The van der Waals surface area contributed by atoms with Crippen molar-refractivity contribution >= 4 is 33.3 Å². The quantitative estimate of drug-likeness (QED) is 0.480. The molecule has 1 aromatic heterocycles. The zero-order valence-corrected chi connectivity index (χ0v) is 11.5. The maximum Gasteiger partial charge on any atom is 0.213 e. The number of hydrogen-bond donors (Lipinski definition) is 0. The van der Waals surface area contributed by atoms with Crippen LogP contribution in [0, 0.1) is 5.95 Å². The predicted octanol–water partition coefficient (Wildman–Crippen LogP) is 4.19. The van der Waals surface area contributed by atoms with Crippen molar-refractivity contribution in [2.24, 2.45) is 0 Å². The van der Waals surface area contributed by atoms with Crippen LogP contribution in [0.4, 0.5) is 4.39 Å². The number of nitrogens with zero attached hydrogens (tertiary/aromatic N) is 1. The van der Waals surface area contributed by atoms with E-state index in [9.17, 15) is 9.18 Å². The van der Waals surface area contributed by atoms with Gasteiger partial charge in [0.15, 0.2) is 5.78 Å². The Morgan fingerprint density at radius 3 is 2.78 bits per heavy atom. The molecule has 0 fully saturated rings. The minimum atomic E-state index is -0.617. The zero-order valence-electron chi connectivity index (χ0n) is 9.11. The summed E-state index contributed by atoms with van der Waals surface area (Å²) in [6, 6.07) is 9.44. The number of benzene rings is 1. The number of carbonyl (C=O) groups is 1. The minimum absolute atomic E-state index is 0.178. The van der Waals surface area contributed by atoms with Gasteiger partial charge in [-0.15, -0.1) is 0 Å². The largest absolute Gasteiger partial charge is 0.293 e. The lowest BCUT2D eigenvalue weighted by Crippen LogP contribution is -2.07. The second kappa shape index (κ2) is 5.59. The van der Waals surface area contributed by atoms with Crippen LogP contribution in [-0.2, 0) is 0 Å². The number of Topliss-reactive ketones (excluding diaryl/α,β-unsaturated/α-hetero) is 1. The lowest BCUT2D eigenvalue weighted by atomic mass is 10.0. The van der Waals surface area contributed by atoms with Crippen molar-refractivity contribution in [2.45, 2.75) is 4.83 Å². The molecular weight excluding hydrogens is 321 g/mol. The van der Waals surface area contributed by atoms with Gasteiger partial charge in [-0.2, -0.15) is 4.39 Å². The molecule has 0 saturated heterocycles. The van der Waals surface area contributed by atoms with Gasteiger partial charge in [0.25, 0.3) is 0 Å². The van der Waals surface area contributed by atoms with Crippen molar-refractivity contribution in [3.8, 4) is 0 Å². The number of alkyl halides is 1. The van der Waals surface area contributed by atoms with E-state index in [1.807, 2.05) is 0 Å². The predicted molar refractivity (Wildman–Crippen MR) is 71.6 cm³/mol. The van der Waals surface area contributed by atoms with Crippen molar-refractivity contribution < 1.29 is 9.18 Å². The third-order valence-corrected chi connectivity index (χ3v) is 3.56. The smallest absolute Gasteiger partial charge is 0.213 e. The van der Waals surface area contributed by atoms with Crippen LogP contribution in [0.1, 0.15) is 20.7 Å². The first-order valence-corrected chi connectivity index (χ1v) is 6.42. The van der Waals surface area contributed by atoms with Crippen LogP contribution in [0.3, 0.4) is 0 Å². The molecule has 1 heterocycles. The molecule has 0 aliphatic heterocycles. The van der Waals surface area contributed by atoms with Crippen molar-refractivity contribution in [1.29, 1.82) is 0 Å². The van der Waals surface area contributed by atoms with E-state index in [1.165, 1.54) is 12.3 Å². The highest BCUT2D eigenvalue weighted by molar-refractivity contribution is 9.09. The molecule has 1 aromatic carbocycles. The van der Waals surface area contributed by atoms with Crippen LogP contribution >= 0.6 is 27.5 Å². The molecule has 0 bridgehead atoms. The van der Waals surface area contributed by atoms with Crippen LogP contribution in [0.15, 0.2) is 42.6 Å². The molecule has 2 rings (SSSR count). The Labute approximate surface area is 117 Å². The van der Waals surface area contributed by atoms with E-state index < -0.39 is 10.8 Å². The van der Waals surface area contributed by atoms with Gasteiger partial charge in [0.2, 0.25) is 5.95 Å². The molecule has 0 saturated carbocycles. The van der Waals surface area contributed by atoms with Crippen LogP contribution < -0.4 is 0 Å². The normalized spacial score (nSPS) is 12.2. The second-order valence-corrected chi connectivity index (χ2v) is 5.00. The minimum Gasteiger partial charge on any atom is -0.293 e. The Morgan fingerprint density at radius 2 is 2.11 bits per heavy atom. The summed E-state index contributed by atoms with van der Waals surface area (Å²) in [5.41, 5.74) is 0.995. The fraction of sp³-hybridized carbons (Fsp3) is 0.0769. The van der Waals surface area contributed by atoms with Crippen LogP contribution in [0.2, 0.25) is 5.02 Å². The SMILES string of the molecule is O=C(c1cccc(Cl)c1)C(Br)c1ccnc(F)c1. The molecule has 2 nitrogen and oxygen atoms in total. The molecule has 0 N–H and O–H groups in total. The molecule has 0 spiro atoms. The summed E-state index contributed by atoms with van der Waals surface area (Å²) in [4.78, 5) is 15.0. The average molecular weight is 329 g/mol. The highest BCUT2D eigenvalue weighted by atomic mass is 79.9. The van der Waals surface area contributed by atoms with Gasteiger partial charge in [-0.25, -0.2) is 4.98 Å². The second-order valence-electron chi connectivity index (χ2n) is 3.65. The van der Waals surface area contributed by atoms with Crippen LogP contribution in [-0.4, -0.2) is 10.8 Å². The van der Waals surface area contributed by atoms with E-state index in [-0.39, 0.29) is 5.78 Å². The summed E-state index contributed by atoms with van der Waals surface area (Å²) >= 11 is 9.09. The van der Waals surface area contributed by atoms with Crippen molar-refractivity contribution in [1.82, 2.24) is 4.98 Å². The van der Waals surface area contributed by atoms with E-state index in [0.717, 1.165) is 0 Å². The van der Waals surface area contributed by atoms with E-state index >= 15 is 0 Å².